The van der Waals surface area contributed by atoms with Crippen molar-refractivity contribution in [2.24, 2.45) is 5.41 Å². The molecular formula is C12H14ClNO3S. The predicted molar refractivity (Wildman–Crippen MR) is 70.2 cm³/mol. The van der Waals surface area contributed by atoms with E-state index in [4.69, 9.17) is 15.1 Å². The van der Waals surface area contributed by atoms with Crippen molar-refractivity contribution in [1.29, 1.82) is 0 Å². The molecule has 18 heavy (non-hydrogen) atoms. The van der Waals surface area contributed by atoms with Crippen LogP contribution in [0.2, 0.25) is 0 Å². The molecule has 0 atom stereocenters. The molecular weight excluding hydrogens is 274 g/mol. The predicted octanol–water partition coefficient (Wildman–Crippen LogP) is 3.34. The molecule has 0 unspecified atom stereocenters. The van der Waals surface area contributed by atoms with Crippen molar-refractivity contribution in [2.75, 3.05) is 0 Å². The molecule has 0 aliphatic carbocycles. The van der Waals surface area contributed by atoms with Crippen LogP contribution in [-0.2, 0) is 15.5 Å². The van der Waals surface area contributed by atoms with E-state index in [-0.39, 0.29) is 10.3 Å². The molecule has 4 nitrogen and oxygen atoms in total. The largest absolute Gasteiger partial charge is 0.441 e. The number of nitrogens with zero attached hydrogens (tertiary/aromatic N) is 1. The fourth-order valence-corrected chi connectivity index (χ4v) is 2.41. The van der Waals surface area contributed by atoms with E-state index in [0.29, 0.717) is 23.4 Å². The summed E-state index contributed by atoms with van der Waals surface area (Å²) in [6, 6.07) is 4.41. The summed E-state index contributed by atoms with van der Waals surface area (Å²) in [4.78, 5) is 4.32. The minimum Gasteiger partial charge on any atom is -0.441 e. The fraction of sp³-hybridized carbons (Fsp3) is 0.417. The van der Waals surface area contributed by atoms with Crippen LogP contribution >= 0.6 is 10.7 Å². The van der Waals surface area contributed by atoms with E-state index < -0.39 is 9.05 Å². The van der Waals surface area contributed by atoms with Crippen molar-refractivity contribution >= 4 is 30.8 Å². The van der Waals surface area contributed by atoms with Crippen LogP contribution in [0.1, 0.15) is 26.7 Å². The van der Waals surface area contributed by atoms with Crippen molar-refractivity contribution in [3.8, 4) is 0 Å². The van der Waals surface area contributed by atoms with E-state index in [1.165, 1.54) is 12.1 Å². The van der Waals surface area contributed by atoms with Crippen molar-refractivity contribution in [3.05, 3.63) is 24.1 Å². The van der Waals surface area contributed by atoms with Gasteiger partial charge < -0.3 is 4.42 Å². The van der Waals surface area contributed by atoms with Gasteiger partial charge in [0.2, 0.25) is 0 Å². The maximum atomic E-state index is 11.2. The number of aromatic nitrogens is 1. The van der Waals surface area contributed by atoms with Crippen molar-refractivity contribution < 1.29 is 12.8 Å². The third kappa shape index (κ3) is 3.03. The van der Waals surface area contributed by atoms with Gasteiger partial charge in [-0.1, -0.05) is 20.8 Å². The van der Waals surface area contributed by atoms with Gasteiger partial charge in [0.05, 0.1) is 4.90 Å². The maximum Gasteiger partial charge on any atom is 0.261 e. The average molecular weight is 288 g/mol. The molecule has 0 saturated heterocycles. The fourth-order valence-electron chi connectivity index (χ4n) is 1.64. The molecule has 0 radical (unpaired) electrons. The summed E-state index contributed by atoms with van der Waals surface area (Å²) in [6.45, 7) is 6.24. The highest BCUT2D eigenvalue weighted by atomic mass is 35.7. The summed E-state index contributed by atoms with van der Waals surface area (Å²) in [5, 5.41) is 0. The lowest BCUT2D eigenvalue weighted by Crippen LogP contribution is -2.09. The van der Waals surface area contributed by atoms with E-state index in [2.05, 4.69) is 25.8 Å². The first kappa shape index (κ1) is 13.4. The van der Waals surface area contributed by atoms with Gasteiger partial charge in [-0.25, -0.2) is 13.4 Å². The summed E-state index contributed by atoms with van der Waals surface area (Å²) >= 11 is 0. The molecule has 2 aromatic rings. The van der Waals surface area contributed by atoms with E-state index in [1.54, 1.807) is 6.07 Å². The van der Waals surface area contributed by atoms with Crippen molar-refractivity contribution in [1.82, 2.24) is 4.98 Å². The lowest BCUT2D eigenvalue weighted by molar-refractivity contribution is 0.362. The van der Waals surface area contributed by atoms with Crippen molar-refractivity contribution in [2.45, 2.75) is 32.1 Å². The topological polar surface area (TPSA) is 60.2 Å². The molecule has 0 fully saturated rings. The van der Waals surface area contributed by atoms with E-state index >= 15 is 0 Å². The highest BCUT2D eigenvalue weighted by Gasteiger charge is 2.17. The van der Waals surface area contributed by atoms with Crippen LogP contribution in [0, 0.1) is 5.41 Å². The smallest absolute Gasteiger partial charge is 0.261 e. The van der Waals surface area contributed by atoms with Gasteiger partial charge in [0, 0.05) is 17.1 Å². The van der Waals surface area contributed by atoms with E-state index in [0.717, 1.165) is 0 Å². The van der Waals surface area contributed by atoms with Crippen LogP contribution in [0.15, 0.2) is 27.5 Å². The Labute approximate surface area is 110 Å². The lowest BCUT2D eigenvalue weighted by atomic mass is 9.92. The Morgan fingerprint density at radius 2 is 2.00 bits per heavy atom. The zero-order valence-electron chi connectivity index (χ0n) is 10.4. The van der Waals surface area contributed by atoms with Gasteiger partial charge in [-0.15, -0.1) is 0 Å². The van der Waals surface area contributed by atoms with Gasteiger partial charge in [-0.2, -0.15) is 0 Å². The summed E-state index contributed by atoms with van der Waals surface area (Å²) in [7, 11) is 1.56. The molecule has 0 N–H and O–H groups in total. The zero-order chi connectivity index (χ0) is 13.6. The SMILES string of the molecule is CC(C)(C)Cc1nc2cc(S(=O)(=O)Cl)ccc2o1. The average Bonchev–Trinajstić information content (AvgIpc) is 2.53. The molecule has 0 aliphatic rings. The molecule has 0 aliphatic heterocycles. The first-order valence-corrected chi connectivity index (χ1v) is 7.80. The first-order chi connectivity index (χ1) is 8.15. The molecule has 98 valence electrons. The number of rotatable bonds is 2. The van der Waals surface area contributed by atoms with Crippen LogP contribution in [-0.4, -0.2) is 13.4 Å². The maximum absolute atomic E-state index is 11.2. The van der Waals surface area contributed by atoms with E-state index in [1.807, 2.05) is 0 Å². The Kier molecular flexibility index (Phi) is 3.15. The number of hydrogen-bond acceptors (Lipinski definition) is 4. The van der Waals surface area contributed by atoms with Gasteiger partial charge in [-0.05, 0) is 23.6 Å². The van der Waals surface area contributed by atoms with Crippen LogP contribution in [0.5, 0.6) is 0 Å². The number of oxazole rings is 1. The Balaban J connectivity index is 2.46. The second kappa shape index (κ2) is 4.24. The third-order valence-corrected chi connectivity index (χ3v) is 3.72. The normalized spacial score (nSPS) is 13.1. The molecule has 0 saturated carbocycles. The second-order valence-electron chi connectivity index (χ2n) is 5.41. The molecule has 2 rings (SSSR count). The Morgan fingerprint density at radius 3 is 2.56 bits per heavy atom. The Morgan fingerprint density at radius 1 is 1.33 bits per heavy atom. The number of fused-ring (bicyclic) bond motifs is 1. The minimum absolute atomic E-state index is 0.0345. The highest BCUT2D eigenvalue weighted by molar-refractivity contribution is 8.13. The number of benzene rings is 1. The molecule has 6 heteroatoms. The second-order valence-corrected chi connectivity index (χ2v) is 7.98. The van der Waals surface area contributed by atoms with Gasteiger partial charge >= 0.3 is 0 Å². The number of hydrogen-bond donors (Lipinski definition) is 0. The molecule has 0 amide bonds. The van der Waals surface area contributed by atoms with Crippen LogP contribution in [0.25, 0.3) is 11.1 Å². The van der Waals surface area contributed by atoms with Crippen molar-refractivity contribution in [3.63, 3.8) is 0 Å². The summed E-state index contributed by atoms with van der Waals surface area (Å²) in [6.07, 6.45) is 0.685. The summed E-state index contributed by atoms with van der Waals surface area (Å²) in [5.41, 5.74) is 1.14. The van der Waals surface area contributed by atoms with Crippen LogP contribution in [0.3, 0.4) is 0 Å². The number of halogens is 1. The van der Waals surface area contributed by atoms with Gasteiger partial charge in [-0.3, -0.25) is 0 Å². The van der Waals surface area contributed by atoms with E-state index in [9.17, 15) is 8.42 Å². The summed E-state index contributed by atoms with van der Waals surface area (Å²) < 4.78 is 28.0. The van der Waals surface area contributed by atoms with Crippen LogP contribution < -0.4 is 0 Å². The molecule has 0 bridgehead atoms. The van der Waals surface area contributed by atoms with Gasteiger partial charge in [0.1, 0.15) is 5.52 Å². The summed E-state index contributed by atoms with van der Waals surface area (Å²) in [5.74, 6) is 0.599. The highest BCUT2D eigenvalue weighted by Crippen LogP contribution is 2.25. The molecule has 0 spiro atoms. The lowest BCUT2D eigenvalue weighted by Gasteiger charge is -2.14. The standard InChI is InChI=1S/C12H14ClNO3S/c1-12(2,3)7-11-14-9-6-8(18(13,15)16)4-5-10(9)17-11/h4-6H,7H2,1-3H3. The molecule has 1 heterocycles. The molecule has 1 aromatic carbocycles. The zero-order valence-corrected chi connectivity index (χ0v) is 12.0. The minimum atomic E-state index is -3.73. The van der Waals surface area contributed by atoms with Gasteiger partial charge in [0.25, 0.3) is 9.05 Å². The Hall–Kier alpha value is -1.07. The van der Waals surface area contributed by atoms with Gasteiger partial charge in [0.15, 0.2) is 11.5 Å². The quantitative estimate of drug-likeness (QED) is 0.795. The molecule has 1 aromatic heterocycles. The third-order valence-electron chi connectivity index (χ3n) is 2.37. The monoisotopic (exact) mass is 287 g/mol. The first-order valence-electron chi connectivity index (χ1n) is 5.49. The Bertz CT molecular complexity index is 683. The van der Waals surface area contributed by atoms with Crippen LogP contribution in [0.4, 0.5) is 0 Å².